The first-order valence-electron chi connectivity index (χ1n) is 7.09. The van der Waals surface area contributed by atoms with Crippen LogP contribution in [-0.2, 0) is 7.05 Å². The van der Waals surface area contributed by atoms with Gasteiger partial charge in [0, 0.05) is 26.0 Å². The average molecular weight is 285 g/mol. The summed E-state index contributed by atoms with van der Waals surface area (Å²) in [7, 11) is 1.76. The van der Waals surface area contributed by atoms with Crippen molar-refractivity contribution in [3.63, 3.8) is 0 Å². The molecule has 1 amide bonds. The molecule has 0 spiro atoms. The van der Waals surface area contributed by atoms with Gasteiger partial charge in [-0.1, -0.05) is 0 Å². The van der Waals surface area contributed by atoms with Gasteiger partial charge in [0.25, 0.3) is 5.91 Å². The van der Waals surface area contributed by atoms with E-state index in [9.17, 15) is 4.79 Å². The fourth-order valence-electron chi connectivity index (χ4n) is 3.01. The molecule has 0 aromatic carbocycles. The SMILES string of the molecule is Cc1nn(C)c(C(=O)N2CCCC2c2ccncc2)c1N. The van der Waals surface area contributed by atoms with Crippen LogP contribution in [0.1, 0.15) is 40.6 Å². The third kappa shape index (κ3) is 2.26. The highest BCUT2D eigenvalue weighted by Gasteiger charge is 2.33. The number of nitrogen functional groups attached to an aromatic ring is 1. The van der Waals surface area contributed by atoms with E-state index in [2.05, 4.69) is 10.1 Å². The van der Waals surface area contributed by atoms with Gasteiger partial charge >= 0.3 is 0 Å². The number of carbonyl (C=O) groups excluding carboxylic acids is 1. The maximum Gasteiger partial charge on any atom is 0.274 e. The smallest absolute Gasteiger partial charge is 0.274 e. The number of amides is 1. The minimum Gasteiger partial charge on any atom is -0.395 e. The minimum atomic E-state index is -0.0464. The lowest BCUT2D eigenvalue weighted by atomic mass is 10.1. The second kappa shape index (κ2) is 5.20. The highest BCUT2D eigenvalue weighted by atomic mass is 16.2. The predicted octanol–water partition coefficient (Wildman–Crippen LogP) is 1.68. The normalized spacial score (nSPS) is 18.2. The van der Waals surface area contributed by atoms with Gasteiger partial charge in [-0.3, -0.25) is 14.5 Å². The summed E-state index contributed by atoms with van der Waals surface area (Å²) >= 11 is 0. The van der Waals surface area contributed by atoms with Crippen LogP contribution in [0.3, 0.4) is 0 Å². The van der Waals surface area contributed by atoms with Crippen molar-refractivity contribution in [3.8, 4) is 0 Å². The van der Waals surface area contributed by atoms with Crippen LogP contribution in [0.15, 0.2) is 24.5 Å². The van der Waals surface area contributed by atoms with Crippen LogP contribution < -0.4 is 5.73 Å². The molecule has 3 rings (SSSR count). The Bertz CT molecular complexity index is 664. The number of anilines is 1. The summed E-state index contributed by atoms with van der Waals surface area (Å²) in [4.78, 5) is 18.8. The fourth-order valence-corrected chi connectivity index (χ4v) is 3.01. The number of nitrogens with two attached hydrogens (primary N) is 1. The molecule has 2 N–H and O–H groups in total. The first-order chi connectivity index (χ1) is 10.1. The molecular formula is C15H19N5O. The molecule has 1 atom stereocenters. The lowest BCUT2D eigenvalue weighted by Gasteiger charge is -2.25. The Morgan fingerprint density at radius 1 is 1.38 bits per heavy atom. The van der Waals surface area contributed by atoms with E-state index in [0.29, 0.717) is 17.1 Å². The van der Waals surface area contributed by atoms with Crippen LogP contribution in [0, 0.1) is 6.92 Å². The molecule has 0 saturated carbocycles. The van der Waals surface area contributed by atoms with E-state index in [4.69, 9.17) is 5.73 Å². The van der Waals surface area contributed by atoms with Crippen molar-refractivity contribution >= 4 is 11.6 Å². The largest absolute Gasteiger partial charge is 0.395 e. The van der Waals surface area contributed by atoms with E-state index in [1.807, 2.05) is 24.0 Å². The number of aryl methyl sites for hydroxylation is 2. The molecule has 6 nitrogen and oxygen atoms in total. The van der Waals surface area contributed by atoms with Gasteiger partial charge in [0.2, 0.25) is 0 Å². The van der Waals surface area contributed by atoms with Gasteiger partial charge in [-0.15, -0.1) is 0 Å². The van der Waals surface area contributed by atoms with Crippen LogP contribution in [0.2, 0.25) is 0 Å². The van der Waals surface area contributed by atoms with Crippen LogP contribution in [0.5, 0.6) is 0 Å². The number of aromatic nitrogens is 3. The molecular weight excluding hydrogens is 266 g/mol. The number of likely N-dealkylation sites (tertiary alicyclic amines) is 1. The van der Waals surface area contributed by atoms with Gasteiger partial charge in [0.05, 0.1) is 17.4 Å². The summed E-state index contributed by atoms with van der Waals surface area (Å²) in [5.74, 6) is -0.0464. The zero-order chi connectivity index (χ0) is 15.0. The predicted molar refractivity (Wildman–Crippen MR) is 79.6 cm³/mol. The van der Waals surface area contributed by atoms with Crippen LogP contribution in [-0.4, -0.2) is 32.1 Å². The number of carbonyl (C=O) groups is 1. The maximum absolute atomic E-state index is 12.9. The lowest BCUT2D eigenvalue weighted by molar-refractivity contribution is 0.0725. The number of rotatable bonds is 2. The van der Waals surface area contributed by atoms with Gasteiger partial charge < -0.3 is 10.6 Å². The van der Waals surface area contributed by atoms with Crippen LogP contribution in [0.4, 0.5) is 5.69 Å². The molecule has 3 heterocycles. The van der Waals surface area contributed by atoms with Crippen molar-refractivity contribution in [1.29, 1.82) is 0 Å². The quantitative estimate of drug-likeness (QED) is 0.910. The molecule has 0 bridgehead atoms. The van der Waals surface area contributed by atoms with Crippen LogP contribution in [0.25, 0.3) is 0 Å². The molecule has 0 aliphatic carbocycles. The van der Waals surface area contributed by atoms with Crippen molar-refractivity contribution in [2.75, 3.05) is 12.3 Å². The maximum atomic E-state index is 12.9. The Morgan fingerprint density at radius 3 is 2.71 bits per heavy atom. The minimum absolute atomic E-state index is 0.0464. The number of nitrogens with zero attached hydrogens (tertiary/aromatic N) is 4. The Hall–Kier alpha value is -2.37. The Morgan fingerprint density at radius 2 is 2.10 bits per heavy atom. The molecule has 110 valence electrons. The molecule has 1 aliphatic rings. The van der Waals surface area contributed by atoms with Crippen molar-refractivity contribution in [3.05, 3.63) is 41.5 Å². The van der Waals surface area contributed by atoms with E-state index in [1.54, 1.807) is 24.1 Å². The lowest BCUT2D eigenvalue weighted by Crippen LogP contribution is -2.32. The second-order valence-electron chi connectivity index (χ2n) is 5.41. The zero-order valence-corrected chi connectivity index (χ0v) is 12.3. The number of pyridine rings is 1. The van der Waals surface area contributed by atoms with Crippen molar-refractivity contribution in [2.45, 2.75) is 25.8 Å². The molecule has 1 fully saturated rings. The van der Waals surface area contributed by atoms with E-state index in [1.165, 1.54) is 0 Å². The summed E-state index contributed by atoms with van der Waals surface area (Å²) in [5, 5.41) is 4.24. The Labute approximate surface area is 123 Å². The topological polar surface area (TPSA) is 77.0 Å². The number of hydrogen-bond acceptors (Lipinski definition) is 4. The third-order valence-electron chi connectivity index (χ3n) is 4.08. The fraction of sp³-hybridized carbons (Fsp3) is 0.400. The third-order valence-corrected chi connectivity index (χ3v) is 4.08. The van der Waals surface area contributed by atoms with Gasteiger partial charge in [0.15, 0.2) is 0 Å². The van der Waals surface area contributed by atoms with Crippen molar-refractivity contribution < 1.29 is 4.79 Å². The van der Waals surface area contributed by atoms with Gasteiger partial charge in [0.1, 0.15) is 5.69 Å². The first kappa shape index (κ1) is 13.6. The monoisotopic (exact) mass is 285 g/mol. The summed E-state index contributed by atoms with van der Waals surface area (Å²) in [6.45, 7) is 2.56. The summed E-state index contributed by atoms with van der Waals surface area (Å²) in [6, 6.07) is 4.03. The summed E-state index contributed by atoms with van der Waals surface area (Å²) in [6.07, 6.45) is 5.49. The molecule has 0 radical (unpaired) electrons. The van der Waals surface area contributed by atoms with E-state index >= 15 is 0 Å². The molecule has 2 aromatic rings. The molecule has 1 aliphatic heterocycles. The molecule has 1 saturated heterocycles. The Kier molecular flexibility index (Phi) is 3.37. The highest BCUT2D eigenvalue weighted by Crippen LogP contribution is 2.33. The van der Waals surface area contributed by atoms with Crippen LogP contribution >= 0.6 is 0 Å². The number of hydrogen-bond donors (Lipinski definition) is 1. The van der Waals surface area contributed by atoms with E-state index < -0.39 is 0 Å². The first-order valence-corrected chi connectivity index (χ1v) is 7.09. The second-order valence-corrected chi connectivity index (χ2v) is 5.41. The van der Waals surface area contributed by atoms with E-state index in [-0.39, 0.29) is 11.9 Å². The van der Waals surface area contributed by atoms with Gasteiger partial charge in [-0.25, -0.2) is 0 Å². The summed E-state index contributed by atoms with van der Waals surface area (Å²) in [5.41, 5.74) is 8.78. The van der Waals surface area contributed by atoms with E-state index in [0.717, 1.165) is 24.9 Å². The molecule has 2 aromatic heterocycles. The molecule has 21 heavy (non-hydrogen) atoms. The highest BCUT2D eigenvalue weighted by molar-refractivity contribution is 5.98. The average Bonchev–Trinajstić information content (AvgIpc) is 3.05. The molecule has 1 unspecified atom stereocenters. The van der Waals surface area contributed by atoms with Crippen molar-refractivity contribution in [2.24, 2.45) is 7.05 Å². The Balaban J connectivity index is 1.94. The standard InChI is InChI=1S/C15H19N5O/c1-10-13(16)14(19(2)18-10)15(21)20-9-3-4-12(20)11-5-7-17-8-6-11/h5-8,12H,3-4,9,16H2,1-2H3. The van der Waals surface area contributed by atoms with Gasteiger partial charge in [-0.05, 0) is 37.5 Å². The van der Waals surface area contributed by atoms with Gasteiger partial charge in [-0.2, -0.15) is 5.10 Å². The summed E-state index contributed by atoms with van der Waals surface area (Å²) < 4.78 is 1.58. The zero-order valence-electron chi connectivity index (χ0n) is 12.3. The molecule has 6 heteroatoms. The van der Waals surface area contributed by atoms with Crippen molar-refractivity contribution in [1.82, 2.24) is 19.7 Å².